The van der Waals surface area contributed by atoms with Gasteiger partial charge in [-0.2, -0.15) is 26.3 Å². The number of ether oxygens (including phenoxy) is 1. The molecule has 0 saturated heterocycles. The lowest BCUT2D eigenvalue weighted by molar-refractivity contribution is -0.143. The first-order valence-electron chi connectivity index (χ1n) is 8.81. The van der Waals surface area contributed by atoms with E-state index in [1.54, 1.807) is 12.0 Å². The smallest absolute Gasteiger partial charge is 0.408 e. The minimum Gasteiger partial charge on any atom is -0.408 e. The molecule has 2 aromatic rings. The molecule has 0 aliphatic carbocycles. The zero-order valence-corrected chi connectivity index (χ0v) is 17.8. The van der Waals surface area contributed by atoms with E-state index in [9.17, 15) is 39.9 Å². The van der Waals surface area contributed by atoms with Crippen molar-refractivity contribution in [2.24, 2.45) is 5.73 Å². The van der Waals surface area contributed by atoms with Gasteiger partial charge < -0.3 is 10.5 Å². The number of hydrogen-bond donors (Lipinski definition) is 1. The molecule has 0 bridgehead atoms. The molecule has 0 aliphatic heterocycles. The predicted molar refractivity (Wildman–Crippen MR) is 105 cm³/mol. The van der Waals surface area contributed by atoms with Crippen molar-refractivity contribution < 1.29 is 44.7 Å². The Kier molecular flexibility index (Phi) is 8.95. The van der Waals surface area contributed by atoms with Crippen molar-refractivity contribution in [3.8, 4) is 17.7 Å². The fourth-order valence-corrected chi connectivity index (χ4v) is 2.47. The fraction of sp³-hybridized carbons (Fsp3) is 0.250. The van der Waals surface area contributed by atoms with Gasteiger partial charge in [-0.1, -0.05) is 25.4 Å². The van der Waals surface area contributed by atoms with E-state index >= 15 is 0 Å². The molecule has 0 aliphatic rings. The normalized spacial score (nSPS) is 11.0. The first-order valence-corrected chi connectivity index (χ1v) is 9.19. The zero-order valence-electron chi connectivity index (χ0n) is 17.1. The average molecular weight is 503 g/mol. The number of amides is 1. The topological polar surface area (TPSA) is 55.6 Å². The number of nitrogens with zero attached hydrogens (tertiary/aromatic N) is 1. The maximum absolute atomic E-state index is 14.1. The first kappa shape index (κ1) is 27.8. The number of carbonyl (C=O) groups excluding carboxylic acids is 1. The van der Waals surface area contributed by atoms with Crippen LogP contribution in [0.1, 0.15) is 30.5 Å². The molecule has 0 saturated carbocycles. The van der Waals surface area contributed by atoms with Crippen molar-refractivity contribution in [1.29, 1.82) is 0 Å². The number of halogens is 9. The molecule has 1 amide bonds. The van der Waals surface area contributed by atoms with Gasteiger partial charge in [0.1, 0.15) is 16.4 Å². The summed E-state index contributed by atoms with van der Waals surface area (Å²) in [5.74, 6) is -2.18. The second-order valence-electron chi connectivity index (χ2n) is 5.79. The summed E-state index contributed by atoms with van der Waals surface area (Å²) in [6.45, 7) is 4.00. The highest BCUT2D eigenvalue weighted by molar-refractivity contribution is 6.31. The Hall–Kier alpha value is -3.20. The van der Waals surface area contributed by atoms with Gasteiger partial charge in [0.25, 0.3) is 0 Å². The van der Waals surface area contributed by atoms with Gasteiger partial charge in [0.05, 0.1) is 16.8 Å². The quantitative estimate of drug-likeness (QED) is 0.218. The van der Waals surface area contributed by atoms with Crippen LogP contribution >= 0.6 is 11.6 Å². The molecule has 0 fully saturated rings. The van der Waals surface area contributed by atoms with E-state index in [0.717, 1.165) is 13.1 Å². The Bertz CT molecular complexity index is 1090. The van der Waals surface area contributed by atoms with Gasteiger partial charge in [-0.05, 0) is 30.2 Å². The van der Waals surface area contributed by atoms with Crippen LogP contribution in [0.15, 0.2) is 24.3 Å². The van der Waals surface area contributed by atoms with Gasteiger partial charge in [0, 0.05) is 13.1 Å². The van der Waals surface area contributed by atoms with Crippen molar-refractivity contribution >= 4 is 23.4 Å². The van der Waals surface area contributed by atoms with E-state index in [1.807, 2.05) is 13.8 Å². The van der Waals surface area contributed by atoms with Crippen LogP contribution in [0.5, 0.6) is 5.75 Å². The van der Waals surface area contributed by atoms with Crippen LogP contribution in [0.25, 0.3) is 0 Å². The monoisotopic (exact) mass is 502 g/mol. The second kappa shape index (κ2) is 10.6. The van der Waals surface area contributed by atoms with Crippen molar-refractivity contribution in [1.82, 2.24) is 0 Å². The highest BCUT2D eigenvalue weighted by atomic mass is 35.5. The Morgan fingerprint density at radius 2 is 1.64 bits per heavy atom. The molecule has 2 aromatic carbocycles. The van der Waals surface area contributed by atoms with Crippen molar-refractivity contribution in [3.05, 3.63) is 57.6 Å². The maximum atomic E-state index is 14.1. The van der Waals surface area contributed by atoms with Crippen LogP contribution < -0.4 is 15.4 Å². The summed E-state index contributed by atoms with van der Waals surface area (Å²) in [6, 6.07) is 2.97. The molecule has 0 atom stereocenters. The van der Waals surface area contributed by atoms with E-state index in [1.165, 1.54) is 0 Å². The fourth-order valence-electron chi connectivity index (χ4n) is 2.31. The van der Waals surface area contributed by atoms with Crippen LogP contribution in [0.4, 0.5) is 45.6 Å². The van der Waals surface area contributed by atoms with E-state index < -0.39 is 63.2 Å². The van der Waals surface area contributed by atoms with Crippen molar-refractivity contribution in [2.45, 2.75) is 26.2 Å². The summed E-state index contributed by atoms with van der Waals surface area (Å²) in [5, 5.41) is -1.00. The van der Waals surface area contributed by atoms with Crippen LogP contribution in [0.3, 0.4) is 0 Å². The Morgan fingerprint density at radius 1 is 1.06 bits per heavy atom. The molecule has 0 heterocycles. The van der Waals surface area contributed by atoms with E-state index in [-0.39, 0.29) is 12.1 Å². The Balaban J connectivity index is 0.00000265. The highest BCUT2D eigenvalue weighted by Crippen LogP contribution is 2.42. The summed E-state index contributed by atoms with van der Waals surface area (Å²) in [5.41, 5.74) is -0.461. The number of carbonyl (C=O) groups is 1. The largest absolute Gasteiger partial charge is 0.420 e. The molecule has 2 rings (SSSR count). The van der Waals surface area contributed by atoms with Gasteiger partial charge in [0.15, 0.2) is 11.6 Å². The maximum Gasteiger partial charge on any atom is 0.420 e. The van der Waals surface area contributed by atoms with E-state index in [4.69, 9.17) is 17.3 Å². The number of hydrogen-bond acceptors (Lipinski definition) is 3. The van der Waals surface area contributed by atoms with Crippen molar-refractivity contribution in [2.75, 3.05) is 11.9 Å². The average Bonchev–Trinajstić information content (AvgIpc) is 2.72. The SMILES string of the molecule is CC.CN(C(=O)Oc1c(C#CN)cc(C(F)(F)F)cc1C(F)(F)F)c1ccc(F)c(Cl)c1F. The first-order chi connectivity index (χ1) is 15.2. The van der Waals surface area contributed by atoms with Gasteiger partial charge >= 0.3 is 18.4 Å². The molecule has 0 spiro atoms. The van der Waals surface area contributed by atoms with Crippen LogP contribution in [-0.2, 0) is 12.4 Å². The minimum atomic E-state index is -5.40. The van der Waals surface area contributed by atoms with Gasteiger partial charge in [-0.25, -0.2) is 13.6 Å². The Morgan fingerprint density at radius 3 is 2.12 bits per heavy atom. The zero-order chi connectivity index (χ0) is 25.7. The third kappa shape index (κ3) is 6.41. The molecule has 0 unspecified atom stereocenters. The number of anilines is 1. The van der Waals surface area contributed by atoms with Crippen LogP contribution in [0.2, 0.25) is 5.02 Å². The molecular weight excluding hydrogens is 488 g/mol. The molecule has 13 heteroatoms. The van der Waals surface area contributed by atoms with Gasteiger partial charge in [-0.15, -0.1) is 0 Å². The Labute approximate surface area is 187 Å². The third-order valence-electron chi connectivity index (χ3n) is 3.77. The molecular formula is C20H15ClF8N2O2. The second-order valence-corrected chi connectivity index (χ2v) is 6.16. The lowest BCUT2D eigenvalue weighted by atomic mass is 10.0. The summed E-state index contributed by atoms with van der Waals surface area (Å²) >= 11 is 5.39. The number of rotatable bonds is 2. The molecule has 33 heavy (non-hydrogen) atoms. The van der Waals surface area contributed by atoms with Gasteiger partial charge in [-0.3, -0.25) is 4.90 Å². The molecule has 4 nitrogen and oxygen atoms in total. The third-order valence-corrected chi connectivity index (χ3v) is 4.11. The standard InChI is InChI=1S/C18H9ClF8N2O2.C2H6/c1-29(12-3-2-11(20)13(19)14(12)21)16(30)31-15-8(4-5-28)6-9(17(22,23)24)7-10(15)18(25,26)27;1-2/h2-3,6-7H,28H2,1H3;1-2H3. The summed E-state index contributed by atoms with van der Waals surface area (Å²) in [7, 11) is 0.848. The lowest BCUT2D eigenvalue weighted by Gasteiger charge is -2.21. The molecule has 0 radical (unpaired) electrons. The van der Waals surface area contributed by atoms with Gasteiger partial charge in [0.2, 0.25) is 0 Å². The molecule has 180 valence electrons. The van der Waals surface area contributed by atoms with Crippen LogP contribution in [-0.4, -0.2) is 13.1 Å². The summed E-state index contributed by atoms with van der Waals surface area (Å²) in [4.78, 5) is 12.6. The molecule has 0 aromatic heterocycles. The number of nitrogens with two attached hydrogens (primary N) is 1. The molecule has 2 N–H and O–H groups in total. The predicted octanol–water partition coefficient (Wildman–Crippen LogP) is 6.58. The number of benzene rings is 2. The van der Waals surface area contributed by atoms with Crippen LogP contribution in [0, 0.1) is 23.6 Å². The minimum absolute atomic E-state index is 0.201. The van der Waals surface area contributed by atoms with E-state index in [0.29, 0.717) is 11.0 Å². The van der Waals surface area contributed by atoms with E-state index in [2.05, 4.69) is 4.74 Å². The summed E-state index contributed by atoms with van der Waals surface area (Å²) < 4.78 is 111. The number of alkyl halides is 6. The summed E-state index contributed by atoms with van der Waals surface area (Å²) in [6.07, 6.45) is -12.2. The highest BCUT2D eigenvalue weighted by Gasteiger charge is 2.41. The van der Waals surface area contributed by atoms with Crippen molar-refractivity contribution in [3.63, 3.8) is 0 Å². The lowest BCUT2D eigenvalue weighted by Crippen LogP contribution is -2.31.